The van der Waals surface area contributed by atoms with Crippen molar-refractivity contribution >= 4 is 23.6 Å². The average Bonchev–Trinajstić information content (AvgIpc) is 3.11. The van der Waals surface area contributed by atoms with Crippen molar-refractivity contribution in [2.75, 3.05) is 24.7 Å². The third-order valence-corrected chi connectivity index (χ3v) is 5.71. The Bertz CT molecular complexity index is 623. The number of aromatic nitrogens is 1. The fraction of sp³-hybridized carbons (Fsp3) is 0.706. The summed E-state index contributed by atoms with van der Waals surface area (Å²) in [5.41, 5.74) is 0.626. The Kier molecular flexibility index (Phi) is 5.18. The second-order valence-corrected chi connectivity index (χ2v) is 7.47. The van der Waals surface area contributed by atoms with Gasteiger partial charge in [-0.15, -0.1) is 11.8 Å². The van der Waals surface area contributed by atoms with Crippen LogP contribution in [0.3, 0.4) is 0 Å². The molecule has 24 heavy (non-hydrogen) atoms. The highest BCUT2D eigenvalue weighted by Crippen LogP contribution is 2.33. The predicted molar refractivity (Wildman–Crippen MR) is 92.9 cm³/mol. The first-order valence-corrected chi connectivity index (χ1v) is 9.84. The van der Waals surface area contributed by atoms with Gasteiger partial charge in [0.1, 0.15) is 6.04 Å². The number of nitrogens with zero attached hydrogens (tertiary/aromatic N) is 3. The van der Waals surface area contributed by atoms with Gasteiger partial charge in [0.05, 0.1) is 11.6 Å². The van der Waals surface area contributed by atoms with Crippen LogP contribution in [-0.2, 0) is 11.2 Å². The van der Waals surface area contributed by atoms with Crippen molar-refractivity contribution in [1.29, 1.82) is 0 Å². The van der Waals surface area contributed by atoms with Gasteiger partial charge in [-0.3, -0.25) is 9.59 Å². The van der Waals surface area contributed by atoms with Gasteiger partial charge in [0, 0.05) is 25.3 Å². The fourth-order valence-electron chi connectivity index (χ4n) is 3.03. The summed E-state index contributed by atoms with van der Waals surface area (Å²) in [5, 5.41) is 0. The molecular formula is C17H25N3O3S. The summed E-state index contributed by atoms with van der Waals surface area (Å²) in [6.45, 7) is 7.04. The van der Waals surface area contributed by atoms with E-state index >= 15 is 0 Å². The molecule has 1 saturated heterocycles. The summed E-state index contributed by atoms with van der Waals surface area (Å²) >= 11 is 1.61. The number of oxazole rings is 1. The molecule has 1 unspecified atom stereocenters. The van der Waals surface area contributed by atoms with Crippen LogP contribution in [0.25, 0.3) is 0 Å². The molecule has 7 heteroatoms. The van der Waals surface area contributed by atoms with Crippen LogP contribution in [0.1, 0.15) is 48.8 Å². The van der Waals surface area contributed by atoms with Gasteiger partial charge in [-0.05, 0) is 39.5 Å². The van der Waals surface area contributed by atoms with E-state index in [4.69, 9.17) is 4.42 Å². The number of hydrogen-bond acceptors (Lipinski definition) is 5. The number of amides is 2. The monoisotopic (exact) mass is 351 g/mol. The zero-order valence-corrected chi connectivity index (χ0v) is 15.4. The molecule has 1 aliphatic carbocycles. The minimum absolute atomic E-state index is 0.0220. The SMILES string of the molecule is CCN(CC)C(=O)C1CSCN1C(=O)c1oc(CC2CC2)nc1C. The summed E-state index contributed by atoms with van der Waals surface area (Å²) in [4.78, 5) is 33.4. The van der Waals surface area contributed by atoms with E-state index in [1.807, 2.05) is 13.8 Å². The first kappa shape index (κ1) is 17.3. The number of carbonyl (C=O) groups is 2. The van der Waals surface area contributed by atoms with Crippen molar-refractivity contribution in [3.63, 3.8) is 0 Å². The van der Waals surface area contributed by atoms with Crippen LogP contribution >= 0.6 is 11.8 Å². The second-order valence-electron chi connectivity index (χ2n) is 6.47. The largest absolute Gasteiger partial charge is 0.435 e. The van der Waals surface area contributed by atoms with Gasteiger partial charge in [-0.2, -0.15) is 0 Å². The number of likely N-dealkylation sites (N-methyl/N-ethyl adjacent to an activating group) is 1. The molecule has 2 amide bonds. The number of rotatable bonds is 6. The van der Waals surface area contributed by atoms with E-state index in [1.165, 1.54) is 12.8 Å². The van der Waals surface area contributed by atoms with Gasteiger partial charge in [0.2, 0.25) is 11.7 Å². The molecule has 1 saturated carbocycles. The Balaban J connectivity index is 1.75. The Labute approximate surface area is 147 Å². The quantitative estimate of drug-likeness (QED) is 0.787. The Morgan fingerprint density at radius 3 is 2.67 bits per heavy atom. The number of hydrogen-bond donors (Lipinski definition) is 0. The molecule has 132 valence electrons. The van der Waals surface area contributed by atoms with Crippen molar-refractivity contribution < 1.29 is 14.0 Å². The van der Waals surface area contributed by atoms with Crippen molar-refractivity contribution in [2.24, 2.45) is 5.92 Å². The summed E-state index contributed by atoms with van der Waals surface area (Å²) in [6.07, 6.45) is 3.24. The van der Waals surface area contributed by atoms with E-state index in [0.29, 0.717) is 48.0 Å². The van der Waals surface area contributed by atoms with Crippen LogP contribution in [0.2, 0.25) is 0 Å². The third kappa shape index (κ3) is 3.45. The molecule has 0 N–H and O–H groups in total. The second kappa shape index (κ2) is 7.17. The number of thioether (sulfide) groups is 1. The first-order valence-electron chi connectivity index (χ1n) is 8.68. The smallest absolute Gasteiger partial charge is 0.292 e. The van der Waals surface area contributed by atoms with Gasteiger partial charge in [-0.25, -0.2) is 4.98 Å². The van der Waals surface area contributed by atoms with Gasteiger partial charge in [0.15, 0.2) is 5.89 Å². The first-order chi connectivity index (χ1) is 11.5. The van der Waals surface area contributed by atoms with Crippen LogP contribution in [0.4, 0.5) is 0 Å². The summed E-state index contributed by atoms with van der Waals surface area (Å²) in [5.74, 6) is 2.58. The normalized spacial score (nSPS) is 20.5. The molecule has 1 aromatic heterocycles. The predicted octanol–water partition coefficient (Wildman–Crippen LogP) is 2.32. The van der Waals surface area contributed by atoms with E-state index in [9.17, 15) is 9.59 Å². The van der Waals surface area contributed by atoms with Gasteiger partial charge < -0.3 is 14.2 Å². The van der Waals surface area contributed by atoms with Crippen molar-refractivity contribution in [3.05, 3.63) is 17.3 Å². The van der Waals surface area contributed by atoms with Crippen molar-refractivity contribution in [2.45, 2.75) is 46.1 Å². The lowest BCUT2D eigenvalue weighted by molar-refractivity contribution is -0.134. The maximum Gasteiger partial charge on any atom is 0.292 e. The molecule has 2 fully saturated rings. The van der Waals surface area contributed by atoms with Gasteiger partial charge >= 0.3 is 0 Å². The minimum Gasteiger partial charge on any atom is -0.435 e. The Morgan fingerprint density at radius 1 is 1.33 bits per heavy atom. The number of aryl methyl sites for hydroxylation is 1. The topological polar surface area (TPSA) is 66.7 Å². The van der Waals surface area contributed by atoms with E-state index in [1.54, 1.807) is 28.5 Å². The summed E-state index contributed by atoms with van der Waals surface area (Å²) < 4.78 is 5.74. The van der Waals surface area contributed by atoms with Crippen LogP contribution < -0.4 is 0 Å². The van der Waals surface area contributed by atoms with Gasteiger partial charge in [0.25, 0.3) is 5.91 Å². The lowest BCUT2D eigenvalue weighted by Crippen LogP contribution is -2.49. The zero-order valence-electron chi connectivity index (χ0n) is 14.6. The van der Waals surface area contributed by atoms with E-state index in [-0.39, 0.29) is 11.8 Å². The molecule has 1 atom stereocenters. The lowest BCUT2D eigenvalue weighted by Gasteiger charge is -2.27. The molecule has 0 bridgehead atoms. The molecule has 0 radical (unpaired) electrons. The standard InChI is InChI=1S/C17H25N3O3S/c1-4-19(5-2)16(21)13-9-24-10-20(13)17(22)15-11(3)18-14(23-15)8-12-6-7-12/h12-13H,4-10H2,1-3H3. The highest BCUT2D eigenvalue weighted by atomic mass is 32.2. The van der Waals surface area contributed by atoms with Crippen molar-refractivity contribution in [1.82, 2.24) is 14.8 Å². The van der Waals surface area contributed by atoms with E-state index in [2.05, 4.69) is 4.98 Å². The maximum atomic E-state index is 12.9. The lowest BCUT2D eigenvalue weighted by atomic mass is 10.2. The van der Waals surface area contributed by atoms with Crippen molar-refractivity contribution in [3.8, 4) is 0 Å². The molecule has 2 heterocycles. The van der Waals surface area contributed by atoms with E-state index < -0.39 is 6.04 Å². The minimum atomic E-state index is -0.404. The summed E-state index contributed by atoms with van der Waals surface area (Å²) in [7, 11) is 0. The fourth-order valence-corrected chi connectivity index (χ4v) is 4.18. The van der Waals surface area contributed by atoms with Crippen LogP contribution in [0.5, 0.6) is 0 Å². The zero-order chi connectivity index (χ0) is 17.3. The van der Waals surface area contributed by atoms with Crippen LogP contribution in [0, 0.1) is 12.8 Å². The number of carbonyl (C=O) groups excluding carboxylic acids is 2. The molecule has 0 aromatic carbocycles. The maximum absolute atomic E-state index is 12.9. The van der Waals surface area contributed by atoms with Crippen LogP contribution in [-0.4, -0.2) is 57.4 Å². The Hall–Kier alpha value is -1.50. The Morgan fingerprint density at radius 2 is 2.04 bits per heavy atom. The molecule has 1 aromatic rings. The molecular weight excluding hydrogens is 326 g/mol. The van der Waals surface area contributed by atoms with Gasteiger partial charge in [-0.1, -0.05) is 0 Å². The molecule has 0 spiro atoms. The highest BCUT2D eigenvalue weighted by molar-refractivity contribution is 7.99. The van der Waals surface area contributed by atoms with E-state index in [0.717, 1.165) is 6.42 Å². The molecule has 1 aliphatic heterocycles. The highest BCUT2D eigenvalue weighted by Gasteiger charge is 2.39. The molecule has 6 nitrogen and oxygen atoms in total. The van der Waals surface area contributed by atoms with Crippen LogP contribution in [0.15, 0.2) is 4.42 Å². The molecule has 3 rings (SSSR count). The molecule has 2 aliphatic rings. The third-order valence-electron chi connectivity index (χ3n) is 4.70. The average molecular weight is 351 g/mol. The summed E-state index contributed by atoms with van der Waals surface area (Å²) in [6, 6.07) is -0.404.